The lowest BCUT2D eigenvalue weighted by atomic mass is 10.2. The second-order valence-corrected chi connectivity index (χ2v) is 5.24. The Morgan fingerprint density at radius 1 is 1.53 bits per heavy atom. The summed E-state index contributed by atoms with van der Waals surface area (Å²) in [6.45, 7) is -0.163. The Morgan fingerprint density at radius 3 is 2.89 bits per heavy atom. The Labute approximate surface area is 123 Å². The van der Waals surface area contributed by atoms with E-state index in [9.17, 15) is 9.18 Å². The first-order valence-electron chi connectivity index (χ1n) is 5.40. The third kappa shape index (κ3) is 3.36. The monoisotopic (exact) mass is 345 g/mol. The molecule has 0 aliphatic heterocycles. The van der Waals surface area contributed by atoms with Gasteiger partial charge in [0, 0.05) is 31.1 Å². The third-order valence-corrected chi connectivity index (χ3v) is 3.40. The molecule has 1 aromatic carbocycles. The molecule has 0 radical (unpaired) electrons. The van der Waals surface area contributed by atoms with Crippen LogP contribution in [-0.2, 0) is 7.05 Å². The highest BCUT2D eigenvalue weighted by Gasteiger charge is 2.11. The number of hydrogen-bond acceptors (Lipinski definition) is 2. The van der Waals surface area contributed by atoms with Gasteiger partial charge in [0.1, 0.15) is 11.6 Å². The van der Waals surface area contributed by atoms with E-state index in [0.29, 0.717) is 10.0 Å². The minimum Gasteiger partial charge on any atom is -0.484 e. The SMILES string of the molecule is Cn1ccc(C(=O)COc2cc(F)c(Cl)cc2Br)c1. The number of nitrogens with zero attached hydrogens (tertiary/aromatic N) is 1. The molecule has 0 bridgehead atoms. The van der Waals surface area contributed by atoms with Gasteiger partial charge in [-0.05, 0) is 28.1 Å². The molecule has 19 heavy (non-hydrogen) atoms. The first kappa shape index (κ1) is 14.1. The molecular weight excluding hydrogens is 337 g/mol. The number of Topliss-reactive ketones (excluding diaryl/α,β-unsaturated/α-hetero) is 1. The van der Waals surface area contributed by atoms with Crippen LogP contribution >= 0.6 is 27.5 Å². The molecule has 2 rings (SSSR count). The quantitative estimate of drug-likeness (QED) is 0.622. The van der Waals surface area contributed by atoms with E-state index in [1.54, 1.807) is 23.0 Å². The van der Waals surface area contributed by atoms with Crippen LogP contribution in [0.25, 0.3) is 0 Å². The molecule has 0 atom stereocenters. The molecule has 0 unspecified atom stereocenters. The maximum Gasteiger partial charge on any atom is 0.201 e. The Balaban J connectivity index is 2.07. The lowest BCUT2D eigenvalue weighted by Gasteiger charge is -2.08. The molecule has 100 valence electrons. The summed E-state index contributed by atoms with van der Waals surface area (Å²) in [5.41, 5.74) is 0.549. The zero-order valence-electron chi connectivity index (χ0n) is 9.99. The molecular formula is C13H10BrClFNO2. The van der Waals surface area contributed by atoms with Gasteiger partial charge in [-0.15, -0.1) is 0 Å². The number of rotatable bonds is 4. The normalized spacial score (nSPS) is 10.5. The predicted octanol–water partition coefficient (Wildman–Crippen LogP) is 3.84. The van der Waals surface area contributed by atoms with Crippen LogP contribution in [0.1, 0.15) is 10.4 Å². The van der Waals surface area contributed by atoms with Gasteiger partial charge in [-0.25, -0.2) is 4.39 Å². The molecule has 0 fully saturated rings. The third-order valence-electron chi connectivity index (χ3n) is 2.49. The van der Waals surface area contributed by atoms with Crippen LogP contribution in [0.4, 0.5) is 4.39 Å². The summed E-state index contributed by atoms with van der Waals surface area (Å²) in [6.07, 6.45) is 3.47. The van der Waals surface area contributed by atoms with Gasteiger partial charge in [0.05, 0.1) is 9.50 Å². The summed E-state index contributed by atoms with van der Waals surface area (Å²) >= 11 is 8.82. The Kier molecular flexibility index (Phi) is 4.27. The van der Waals surface area contributed by atoms with Gasteiger partial charge in [-0.2, -0.15) is 0 Å². The van der Waals surface area contributed by atoms with Crippen LogP contribution in [0, 0.1) is 5.82 Å². The van der Waals surface area contributed by atoms with Crippen molar-refractivity contribution < 1.29 is 13.9 Å². The maximum absolute atomic E-state index is 13.3. The van der Waals surface area contributed by atoms with Gasteiger partial charge in [0.25, 0.3) is 0 Å². The highest BCUT2D eigenvalue weighted by atomic mass is 79.9. The van der Waals surface area contributed by atoms with E-state index in [4.69, 9.17) is 16.3 Å². The smallest absolute Gasteiger partial charge is 0.201 e. The second kappa shape index (κ2) is 5.75. The molecule has 0 N–H and O–H groups in total. The summed E-state index contributed by atoms with van der Waals surface area (Å²) in [6, 6.07) is 4.23. The number of carbonyl (C=O) groups excluding carboxylic acids is 1. The molecule has 1 aromatic heterocycles. The van der Waals surface area contributed by atoms with Crippen molar-refractivity contribution in [2.75, 3.05) is 6.61 Å². The van der Waals surface area contributed by atoms with E-state index in [1.165, 1.54) is 6.07 Å². The van der Waals surface area contributed by atoms with Crippen molar-refractivity contribution in [2.24, 2.45) is 7.05 Å². The minimum absolute atomic E-state index is 0.00592. The highest BCUT2D eigenvalue weighted by Crippen LogP contribution is 2.30. The zero-order valence-corrected chi connectivity index (χ0v) is 12.3. The summed E-state index contributed by atoms with van der Waals surface area (Å²) in [7, 11) is 1.82. The van der Waals surface area contributed by atoms with Crippen molar-refractivity contribution in [1.29, 1.82) is 0 Å². The first-order chi connectivity index (χ1) is 8.97. The van der Waals surface area contributed by atoms with Crippen LogP contribution in [0.5, 0.6) is 5.75 Å². The average molecular weight is 347 g/mol. The van der Waals surface area contributed by atoms with E-state index in [1.807, 2.05) is 7.05 Å². The van der Waals surface area contributed by atoms with Crippen molar-refractivity contribution in [1.82, 2.24) is 4.57 Å². The molecule has 1 heterocycles. The van der Waals surface area contributed by atoms with Crippen LogP contribution in [0.15, 0.2) is 35.1 Å². The van der Waals surface area contributed by atoms with E-state index >= 15 is 0 Å². The number of carbonyl (C=O) groups is 1. The molecule has 2 aromatic rings. The molecule has 6 heteroatoms. The van der Waals surface area contributed by atoms with Gasteiger partial charge in [-0.1, -0.05) is 11.6 Å². The number of halogens is 3. The standard InChI is InChI=1S/C13H10BrClFNO2/c1-17-3-2-8(6-17)12(18)7-19-13-5-11(16)10(15)4-9(13)14/h2-6H,7H2,1H3. The minimum atomic E-state index is -0.591. The average Bonchev–Trinajstić information content (AvgIpc) is 2.78. The number of benzene rings is 1. The highest BCUT2D eigenvalue weighted by molar-refractivity contribution is 9.10. The molecule has 0 spiro atoms. The fourth-order valence-corrected chi connectivity index (χ4v) is 2.26. The fraction of sp³-hybridized carbons (Fsp3) is 0.154. The number of ketones is 1. The number of aromatic nitrogens is 1. The molecule has 0 amide bonds. The number of ether oxygens (including phenoxy) is 1. The summed E-state index contributed by atoms with van der Waals surface area (Å²) < 4.78 is 20.9. The van der Waals surface area contributed by atoms with Crippen molar-refractivity contribution in [2.45, 2.75) is 0 Å². The van der Waals surface area contributed by atoms with Gasteiger partial charge in [-0.3, -0.25) is 4.79 Å². The van der Waals surface area contributed by atoms with E-state index in [0.717, 1.165) is 6.07 Å². The lowest BCUT2D eigenvalue weighted by Crippen LogP contribution is -2.11. The lowest BCUT2D eigenvalue weighted by molar-refractivity contribution is 0.0920. The van der Waals surface area contributed by atoms with Crippen molar-refractivity contribution in [3.05, 3.63) is 51.5 Å². The van der Waals surface area contributed by atoms with Gasteiger partial charge >= 0.3 is 0 Å². The van der Waals surface area contributed by atoms with Crippen LogP contribution < -0.4 is 4.74 Å². The number of aryl methyl sites for hydroxylation is 1. The zero-order chi connectivity index (χ0) is 14.0. The van der Waals surface area contributed by atoms with Crippen molar-refractivity contribution in [3.8, 4) is 5.75 Å². The van der Waals surface area contributed by atoms with Crippen LogP contribution in [0.2, 0.25) is 5.02 Å². The van der Waals surface area contributed by atoms with Gasteiger partial charge in [0.15, 0.2) is 6.61 Å². The fourth-order valence-electron chi connectivity index (χ4n) is 1.51. The maximum atomic E-state index is 13.3. The topological polar surface area (TPSA) is 31.2 Å². The van der Waals surface area contributed by atoms with Crippen molar-refractivity contribution >= 4 is 33.3 Å². The van der Waals surface area contributed by atoms with Crippen molar-refractivity contribution in [3.63, 3.8) is 0 Å². The Hall–Kier alpha value is -1.33. The molecule has 0 saturated heterocycles. The van der Waals surface area contributed by atoms with E-state index in [2.05, 4.69) is 15.9 Å². The van der Waals surface area contributed by atoms with E-state index < -0.39 is 5.82 Å². The summed E-state index contributed by atoms with van der Waals surface area (Å²) in [5, 5.41) is -0.00592. The largest absolute Gasteiger partial charge is 0.484 e. The summed E-state index contributed by atoms with van der Waals surface area (Å²) in [4.78, 5) is 11.8. The predicted molar refractivity (Wildman–Crippen MR) is 74.3 cm³/mol. The first-order valence-corrected chi connectivity index (χ1v) is 6.57. The Morgan fingerprint density at radius 2 is 2.26 bits per heavy atom. The van der Waals surface area contributed by atoms with Crippen LogP contribution in [-0.4, -0.2) is 17.0 Å². The van der Waals surface area contributed by atoms with Crippen LogP contribution in [0.3, 0.4) is 0 Å². The van der Waals surface area contributed by atoms with E-state index in [-0.39, 0.29) is 23.2 Å². The van der Waals surface area contributed by atoms with Gasteiger partial charge in [0.2, 0.25) is 5.78 Å². The molecule has 0 aliphatic rings. The molecule has 0 aliphatic carbocycles. The number of hydrogen-bond donors (Lipinski definition) is 0. The Bertz CT molecular complexity index is 627. The van der Waals surface area contributed by atoms with Gasteiger partial charge < -0.3 is 9.30 Å². The molecule has 0 saturated carbocycles. The second-order valence-electron chi connectivity index (χ2n) is 3.97. The summed E-state index contributed by atoms with van der Waals surface area (Å²) in [5.74, 6) is -0.527. The molecule has 3 nitrogen and oxygen atoms in total.